The van der Waals surface area contributed by atoms with Crippen LogP contribution in [0.4, 0.5) is 0 Å². The van der Waals surface area contributed by atoms with Crippen molar-refractivity contribution >= 4 is 0 Å². The first-order chi connectivity index (χ1) is 9.65. The Morgan fingerprint density at radius 3 is 2.85 bits per heavy atom. The van der Waals surface area contributed by atoms with E-state index in [4.69, 9.17) is 4.52 Å². The standard InChI is InChI=1S/C15H20N4O/c1-11-3-5-12(6-4-11)14-18-13(19-20-14)9-17-15(2)7-8-16-10-15/h3-6,16-17H,7-10H2,1-2H3. The Balaban J connectivity index is 1.66. The van der Waals surface area contributed by atoms with E-state index in [0.717, 1.165) is 25.1 Å². The predicted molar refractivity (Wildman–Crippen MR) is 77.2 cm³/mol. The fourth-order valence-corrected chi connectivity index (χ4v) is 2.40. The van der Waals surface area contributed by atoms with E-state index in [1.165, 1.54) is 5.56 Å². The van der Waals surface area contributed by atoms with Crippen LogP contribution in [0.25, 0.3) is 11.5 Å². The van der Waals surface area contributed by atoms with Crippen LogP contribution in [0, 0.1) is 6.92 Å². The molecule has 0 radical (unpaired) electrons. The van der Waals surface area contributed by atoms with Gasteiger partial charge in [-0.15, -0.1) is 0 Å². The fraction of sp³-hybridized carbons (Fsp3) is 0.467. The van der Waals surface area contributed by atoms with Crippen molar-refractivity contribution in [2.45, 2.75) is 32.4 Å². The molecule has 1 aromatic carbocycles. The molecule has 0 saturated carbocycles. The van der Waals surface area contributed by atoms with Crippen molar-refractivity contribution in [3.8, 4) is 11.5 Å². The van der Waals surface area contributed by atoms with Crippen LogP contribution in [-0.2, 0) is 6.54 Å². The normalized spacial score (nSPS) is 22.3. The molecule has 20 heavy (non-hydrogen) atoms. The van der Waals surface area contributed by atoms with Gasteiger partial charge in [0.2, 0.25) is 0 Å². The Hall–Kier alpha value is -1.72. The average molecular weight is 272 g/mol. The summed E-state index contributed by atoms with van der Waals surface area (Å²) in [5.74, 6) is 1.28. The Morgan fingerprint density at radius 2 is 2.15 bits per heavy atom. The molecular weight excluding hydrogens is 252 g/mol. The van der Waals surface area contributed by atoms with E-state index in [1.54, 1.807) is 0 Å². The van der Waals surface area contributed by atoms with E-state index >= 15 is 0 Å². The van der Waals surface area contributed by atoms with Gasteiger partial charge in [-0.2, -0.15) is 4.98 Å². The summed E-state index contributed by atoms with van der Waals surface area (Å²) in [5.41, 5.74) is 2.31. The zero-order valence-corrected chi connectivity index (χ0v) is 11.9. The second-order valence-corrected chi connectivity index (χ2v) is 5.72. The van der Waals surface area contributed by atoms with Crippen molar-refractivity contribution in [1.29, 1.82) is 0 Å². The lowest BCUT2D eigenvalue weighted by Gasteiger charge is -2.23. The molecule has 0 bridgehead atoms. The van der Waals surface area contributed by atoms with Gasteiger partial charge in [-0.1, -0.05) is 22.9 Å². The van der Waals surface area contributed by atoms with Gasteiger partial charge in [0.15, 0.2) is 5.82 Å². The van der Waals surface area contributed by atoms with Crippen molar-refractivity contribution in [2.75, 3.05) is 13.1 Å². The third-order valence-electron chi connectivity index (χ3n) is 3.81. The maximum absolute atomic E-state index is 5.32. The van der Waals surface area contributed by atoms with Gasteiger partial charge in [0, 0.05) is 17.6 Å². The highest BCUT2D eigenvalue weighted by Gasteiger charge is 2.28. The van der Waals surface area contributed by atoms with Crippen molar-refractivity contribution < 1.29 is 4.52 Å². The van der Waals surface area contributed by atoms with Gasteiger partial charge in [-0.25, -0.2) is 0 Å². The van der Waals surface area contributed by atoms with E-state index in [-0.39, 0.29) is 5.54 Å². The van der Waals surface area contributed by atoms with Gasteiger partial charge in [0.05, 0.1) is 6.54 Å². The van der Waals surface area contributed by atoms with Gasteiger partial charge < -0.3 is 15.2 Å². The number of aromatic nitrogens is 2. The third kappa shape index (κ3) is 2.89. The first kappa shape index (κ1) is 13.3. The van der Waals surface area contributed by atoms with E-state index in [0.29, 0.717) is 18.3 Å². The molecule has 0 amide bonds. The minimum Gasteiger partial charge on any atom is -0.334 e. The van der Waals surface area contributed by atoms with Gasteiger partial charge >= 0.3 is 0 Å². The molecule has 1 fully saturated rings. The van der Waals surface area contributed by atoms with E-state index < -0.39 is 0 Å². The second-order valence-electron chi connectivity index (χ2n) is 5.72. The summed E-state index contributed by atoms with van der Waals surface area (Å²) in [7, 11) is 0. The summed E-state index contributed by atoms with van der Waals surface area (Å²) in [5, 5.41) is 10.9. The van der Waals surface area contributed by atoms with E-state index in [2.05, 4.69) is 34.6 Å². The van der Waals surface area contributed by atoms with Gasteiger partial charge in [0.1, 0.15) is 0 Å². The van der Waals surface area contributed by atoms with Crippen LogP contribution in [0.1, 0.15) is 24.7 Å². The molecule has 1 aromatic heterocycles. The minimum atomic E-state index is 0.130. The smallest absolute Gasteiger partial charge is 0.257 e. The molecule has 0 spiro atoms. The van der Waals surface area contributed by atoms with Crippen LogP contribution >= 0.6 is 0 Å². The molecule has 5 heteroatoms. The molecule has 1 aliphatic rings. The van der Waals surface area contributed by atoms with Crippen molar-refractivity contribution in [2.24, 2.45) is 0 Å². The van der Waals surface area contributed by atoms with Crippen LogP contribution in [0.15, 0.2) is 28.8 Å². The largest absolute Gasteiger partial charge is 0.334 e. The second kappa shape index (κ2) is 5.34. The number of hydrogen-bond donors (Lipinski definition) is 2. The number of hydrogen-bond acceptors (Lipinski definition) is 5. The van der Waals surface area contributed by atoms with Crippen molar-refractivity contribution in [3.05, 3.63) is 35.7 Å². The number of nitrogens with one attached hydrogen (secondary N) is 2. The SMILES string of the molecule is Cc1ccc(-c2nc(CNC3(C)CCNC3)no2)cc1. The number of benzene rings is 1. The fourth-order valence-electron chi connectivity index (χ4n) is 2.40. The number of nitrogens with zero attached hydrogens (tertiary/aromatic N) is 2. The average Bonchev–Trinajstić information content (AvgIpc) is 3.07. The monoisotopic (exact) mass is 272 g/mol. The molecular formula is C15H20N4O. The molecule has 3 rings (SSSR count). The zero-order chi connectivity index (χ0) is 14.0. The molecule has 2 aromatic rings. The highest BCUT2D eigenvalue weighted by molar-refractivity contribution is 5.53. The van der Waals surface area contributed by atoms with Crippen molar-refractivity contribution in [3.63, 3.8) is 0 Å². The van der Waals surface area contributed by atoms with E-state index in [9.17, 15) is 0 Å². The molecule has 2 N–H and O–H groups in total. The Kier molecular flexibility index (Phi) is 3.54. The van der Waals surface area contributed by atoms with Gasteiger partial charge in [0.25, 0.3) is 5.89 Å². The quantitative estimate of drug-likeness (QED) is 0.890. The minimum absolute atomic E-state index is 0.130. The summed E-state index contributed by atoms with van der Waals surface area (Å²) in [4.78, 5) is 4.44. The van der Waals surface area contributed by atoms with Crippen LogP contribution in [-0.4, -0.2) is 28.8 Å². The zero-order valence-electron chi connectivity index (χ0n) is 11.9. The molecule has 5 nitrogen and oxygen atoms in total. The Labute approximate surface area is 118 Å². The first-order valence-electron chi connectivity index (χ1n) is 7.00. The maximum Gasteiger partial charge on any atom is 0.257 e. The Morgan fingerprint density at radius 1 is 1.35 bits per heavy atom. The molecule has 106 valence electrons. The molecule has 1 aliphatic heterocycles. The maximum atomic E-state index is 5.32. The summed E-state index contributed by atoms with van der Waals surface area (Å²) in [6.45, 7) is 6.95. The highest BCUT2D eigenvalue weighted by Crippen LogP contribution is 2.18. The highest BCUT2D eigenvalue weighted by atomic mass is 16.5. The van der Waals surface area contributed by atoms with Crippen LogP contribution in [0.2, 0.25) is 0 Å². The van der Waals surface area contributed by atoms with Crippen molar-refractivity contribution in [1.82, 2.24) is 20.8 Å². The van der Waals surface area contributed by atoms with Crippen LogP contribution < -0.4 is 10.6 Å². The molecule has 1 unspecified atom stereocenters. The van der Waals surface area contributed by atoms with Gasteiger partial charge in [-0.3, -0.25) is 0 Å². The summed E-state index contributed by atoms with van der Waals surface area (Å²) in [6.07, 6.45) is 1.12. The topological polar surface area (TPSA) is 63.0 Å². The van der Waals surface area contributed by atoms with Crippen LogP contribution in [0.3, 0.4) is 0 Å². The first-order valence-corrected chi connectivity index (χ1v) is 7.00. The summed E-state index contributed by atoms with van der Waals surface area (Å²) >= 11 is 0. The predicted octanol–water partition coefficient (Wildman–Crippen LogP) is 1.89. The molecule has 2 heterocycles. The Bertz CT molecular complexity index is 570. The lowest BCUT2D eigenvalue weighted by atomic mass is 10.0. The lowest BCUT2D eigenvalue weighted by molar-refractivity contribution is 0.368. The van der Waals surface area contributed by atoms with Crippen LogP contribution in [0.5, 0.6) is 0 Å². The summed E-state index contributed by atoms with van der Waals surface area (Å²) in [6, 6.07) is 8.09. The molecule has 1 saturated heterocycles. The number of rotatable bonds is 4. The van der Waals surface area contributed by atoms with Gasteiger partial charge in [-0.05, 0) is 38.9 Å². The number of aryl methyl sites for hydroxylation is 1. The molecule has 0 aliphatic carbocycles. The van der Waals surface area contributed by atoms with E-state index in [1.807, 2.05) is 24.3 Å². The summed E-state index contributed by atoms with van der Waals surface area (Å²) < 4.78 is 5.32. The lowest BCUT2D eigenvalue weighted by Crippen LogP contribution is -2.43. The molecule has 1 atom stereocenters. The third-order valence-corrected chi connectivity index (χ3v) is 3.81.